The van der Waals surface area contributed by atoms with Gasteiger partial charge in [0, 0.05) is 31.3 Å². The highest BCUT2D eigenvalue weighted by Gasteiger charge is 2.21. The van der Waals surface area contributed by atoms with Crippen LogP contribution < -0.4 is 5.32 Å². The lowest BCUT2D eigenvalue weighted by molar-refractivity contribution is -0.126. The number of ether oxygens (including phenoxy) is 1. The average molecular weight is 220 g/mol. The van der Waals surface area contributed by atoms with Crippen LogP contribution in [0.1, 0.15) is 12.0 Å². The van der Waals surface area contributed by atoms with E-state index >= 15 is 0 Å². The van der Waals surface area contributed by atoms with Gasteiger partial charge in [-0.3, -0.25) is 9.78 Å². The summed E-state index contributed by atoms with van der Waals surface area (Å²) in [5, 5.41) is 2.92. The van der Waals surface area contributed by atoms with Gasteiger partial charge < -0.3 is 10.1 Å². The molecule has 1 amide bonds. The number of hydrogen-bond donors (Lipinski definition) is 1. The molecule has 0 bridgehead atoms. The van der Waals surface area contributed by atoms with Crippen LogP contribution in [0.15, 0.2) is 24.5 Å². The van der Waals surface area contributed by atoms with Gasteiger partial charge in [0.1, 0.15) is 0 Å². The maximum atomic E-state index is 11.5. The van der Waals surface area contributed by atoms with Gasteiger partial charge in [-0.1, -0.05) is 0 Å². The van der Waals surface area contributed by atoms with E-state index in [0.29, 0.717) is 18.9 Å². The molecule has 1 aromatic heterocycles. The van der Waals surface area contributed by atoms with Crippen LogP contribution in [0.25, 0.3) is 0 Å². The number of amides is 1. The quantitative estimate of drug-likeness (QED) is 0.797. The second-order valence-electron chi connectivity index (χ2n) is 4.06. The molecule has 0 saturated carbocycles. The molecular weight excluding hydrogens is 204 g/mol. The van der Waals surface area contributed by atoms with Gasteiger partial charge in [0.25, 0.3) is 0 Å². The van der Waals surface area contributed by atoms with Gasteiger partial charge in [0.2, 0.25) is 5.91 Å². The zero-order valence-corrected chi connectivity index (χ0v) is 9.19. The van der Waals surface area contributed by atoms with Gasteiger partial charge in [0.05, 0.1) is 13.2 Å². The summed E-state index contributed by atoms with van der Waals surface area (Å²) >= 11 is 0. The minimum atomic E-state index is 0.127. The van der Waals surface area contributed by atoms with Gasteiger partial charge in [-0.15, -0.1) is 0 Å². The molecule has 1 aliphatic rings. The van der Waals surface area contributed by atoms with Crippen molar-refractivity contribution >= 4 is 5.91 Å². The van der Waals surface area contributed by atoms with Crippen molar-refractivity contribution in [3.8, 4) is 0 Å². The van der Waals surface area contributed by atoms with Crippen molar-refractivity contribution in [2.45, 2.75) is 12.8 Å². The predicted octanol–water partition coefficient (Wildman–Crippen LogP) is 0.777. The summed E-state index contributed by atoms with van der Waals surface area (Å²) in [6.07, 6.45) is 4.98. The lowest BCUT2D eigenvalue weighted by Gasteiger charge is -2.25. The number of carbonyl (C=O) groups is 1. The number of hydrogen-bond acceptors (Lipinski definition) is 3. The van der Waals surface area contributed by atoms with E-state index in [1.54, 1.807) is 12.4 Å². The average Bonchev–Trinajstić information content (AvgIpc) is 2.25. The molecule has 0 radical (unpaired) electrons. The first kappa shape index (κ1) is 11.1. The highest BCUT2D eigenvalue weighted by Crippen LogP contribution is 2.13. The zero-order chi connectivity index (χ0) is 11.2. The topological polar surface area (TPSA) is 51.2 Å². The summed E-state index contributed by atoms with van der Waals surface area (Å²) in [5.74, 6) is 0.559. The number of nitrogens with zero attached hydrogens (tertiary/aromatic N) is 1. The molecule has 86 valence electrons. The highest BCUT2D eigenvalue weighted by molar-refractivity contribution is 5.76. The molecule has 0 aliphatic carbocycles. The molecule has 1 aliphatic heterocycles. The monoisotopic (exact) mass is 220 g/mol. The van der Waals surface area contributed by atoms with E-state index < -0.39 is 0 Å². The van der Waals surface area contributed by atoms with Crippen LogP contribution in [-0.2, 0) is 16.0 Å². The molecule has 1 aromatic rings. The maximum absolute atomic E-state index is 11.5. The Morgan fingerprint density at radius 1 is 1.44 bits per heavy atom. The second kappa shape index (κ2) is 5.61. The molecular formula is C12H16N2O2. The highest BCUT2D eigenvalue weighted by atomic mass is 16.5. The molecule has 2 heterocycles. The fraction of sp³-hybridized carbons (Fsp3) is 0.500. The summed E-state index contributed by atoms with van der Waals surface area (Å²) in [5.41, 5.74) is 1.20. The normalized spacial score (nSPS) is 15.5. The van der Waals surface area contributed by atoms with Crippen LogP contribution in [0.2, 0.25) is 0 Å². The van der Waals surface area contributed by atoms with E-state index in [2.05, 4.69) is 10.3 Å². The Morgan fingerprint density at radius 2 is 2.19 bits per heavy atom. The van der Waals surface area contributed by atoms with Crippen LogP contribution in [-0.4, -0.2) is 30.6 Å². The van der Waals surface area contributed by atoms with Crippen molar-refractivity contribution < 1.29 is 9.53 Å². The summed E-state index contributed by atoms with van der Waals surface area (Å²) in [7, 11) is 0. The third-order valence-corrected chi connectivity index (χ3v) is 2.67. The Labute approximate surface area is 95.0 Å². The molecule has 2 rings (SSSR count). The SMILES string of the molecule is O=C(CC1COC1)NCCc1ccncc1. The number of carbonyl (C=O) groups excluding carboxylic acids is 1. The fourth-order valence-corrected chi connectivity index (χ4v) is 1.63. The van der Waals surface area contributed by atoms with E-state index in [4.69, 9.17) is 4.74 Å². The van der Waals surface area contributed by atoms with Crippen molar-refractivity contribution in [1.29, 1.82) is 0 Å². The second-order valence-corrected chi connectivity index (χ2v) is 4.06. The largest absolute Gasteiger partial charge is 0.381 e. The molecule has 0 aromatic carbocycles. The third kappa shape index (κ3) is 3.31. The van der Waals surface area contributed by atoms with Crippen molar-refractivity contribution in [1.82, 2.24) is 10.3 Å². The first-order valence-corrected chi connectivity index (χ1v) is 5.58. The standard InChI is InChI=1S/C12H16N2O2/c15-12(7-11-8-16-9-11)14-6-3-10-1-4-13-5-2-10/h1-2,4-5,11H,3,6-9H2,(H,14,15). The number of nitrogens with one attached hydrogen (secondary N) is 1. The Bertz CT molecular complexity index is 336. The van der Waals surface area contributed by atoms with Crippen molar-refractivity contribution in [2.75, 3.05) is 19.8 Å². The lowest BCUT2D eigenvalue weighted by atomic mass is 10.0. The number of rotatable bonds is 5. The zero-order valence-electron chi connectivity index (χ0n) is 9.19. The molecule has 16 heavy (non-hydrogen) atoms. The van der Waals surface area contributed by atoms with Crippen LogP contribution >= 0.6 is 0 Å². The molecule has 4 nitrogen and oxygen atoms in total. The van der Waals surface area contributed by atoms with Gasteiger partial charge >= 0.3 is 0 Å². The van der Waals surface area contributed by atoms with Gasteiger partial charge in [-0.05, 0) is 24.1 Å². The van der Waals surface area contributed by atoms with E-state index in [9.17, 15) is 4.79 Å². The number of aromatic nitrogens is 1. The first-order chi connectivity index (χ1) is 7.84. The van der Waals surface area contributed by atoms with E-state index in [-0.39, 0.29) is 5.91 Å². The predicted molar refractivity (Wildman–Crippen MR) is 59.9 cm³/mol. The molecule has 4 heteroatoms. The van der Waals surface area contributed by atoms with E-state index in [1.807, 2.05) is 12.1 Å². The lowest BCUT2D eigenvalue weighted by Crippen LogP contribution is -2.35. The summed E-state index contributed by atoms with van der Waals surface area (Å²) < 4.78 is 5.02. The maximum Gasteiger partial charge on any atom is 0.220 e. The van der Waals surface area contributed by atoms with Crippen LogP contribution in [0.4, 0.5) is 0 Å². The Hall–Kier alpha value is -1.42. The van der Waals surface area contributed by atoms with Gasteiger partial charge in [0.15, 0.2) is 0 Å². The Kier molecular flexibility index (Phi) is 3.88. The summed E-state index contributed by atoms with van der Waals surface area (Å²) in [4.78, 5) is 15.4. The van der Waals surface area contributed by atoms with Gasteiger partial charge in [-0.2, -0.15) is 0 Å². The van der Waals surface area contributed by atoms with Crippen LogP contribution in [0, 0.1) is 5.92 Å². The Balaban J connectivity index is 1.62. The van der Waals surface area contributed by atoms with Gasteiger partial charge in [-0.25, -0.2) is 0 Å². The van der Waals surface area contributed by atoms with Crippen molar-refractivity contribution in [2.24, 2.45) is 5.92 Å². The van der Waals surface area contributed by atoms with Crippen LogP contribution in [0.5, 0.6) is 0 Å². The third-order valence-electron chi connectivity index (χ3n) is 2.67. The Morgan fingerprint density at radius 3 is 2.81 bits per heavy atom. The van der Waals surface area contributed by atoms with Crippen molar-refractivity contribution in [3.05, 3.63) is 30.1 Å². The fourth-order valence-electron chi connectivity index (χ4n) is 1.63. The summed E-state index contributed by atoms with van der Waals surface area (Å²) in [6, 6.07) is 3.93. The molecule has 1 saturated heterocycles. The summed E-state index contributed by atoms with van der Waals surface area (Å²) in [6.45, 7) is 2.16. The minimum absolute atomic E-state index is 0.127. The minimum Gasteiger partial charge on any atom is -0.381 e. The molecule has 0 unspecified atom stereocenters. The molecule has 1 N–H and O–H groups in total. The number of pyridine rings is 1. The van der Waals surface area contributed by atoms with E-state index in [1.165, 1.54) is 5.56 Å². The molecule has 0 atom stereocenters. The van der Waals surface area contributed by atoms with Crippen LogP contribution in [0.3, 0.4) is 0 Å². The molecule has 1 fully saturated rings. The smallest absolute Gasteiger partial charge is 0.220 e. The van der Waals surface area contributed by atoms with Crippen molar-refractivity contribution in [3.63, 3.8) is 0 Å². The molecule has 0 spiro atoms. The first-order valence-electron chi connectivity index (χ1n) is 5.58. The van der Waals surface area contributed by atoms with E-state index in [0.717, 1.165) is 19.6 Å².